The Balaban J connectivity index is 2.10. The lowest BCUT2D eigenvalue weighted by Gasteiger charge is -2.15. The first-order valence-corrected chi connectivity index (χ1v) is 5.89. The summed E-state index contributed by atoms with van der Waals surface area (Å²) in [6.07, 6.45) is -3.57. The van der Waals surface area contributed by atoms with Crippen LogP contribution in [0.2, 0.25) is 0 Å². The number of ether oxygens (including phenoxy) is 1. The number of nitrogen functional groups attached to an aromatic ring is 1. The summed E-state index contributed by atoms with van der Waals surface area (Å²) in [4.78, 5) is 7.52. The summed E-state index contributed by atoms with van der Waals surface area (Å²) in [5.74, 6) is -0.783. The highest BCUT2D eigenvalue weighted by molar-refractivity contribution is 5.86. The van der Waals surface area contributed by atoms with Crippen molar-refractivity contribution in [2.75, 3.05) is 12.3 Å². The fraction of sp³-hybridized carbons (Fsp3) is 0.455. The summed E-state index contributed by atoms with van der Waals surface area (Å²) in [6.45, 7) is -0.545. The number of aliphatic hydroxyl groups excluding tert-OH is 2. The molecule has 1 unspecified atom stereocenters. The monoisotopic (exact) mass is 286 g/mol. The van der Waals surface area contributed by atoms with E-state index in [0.29, 0.717) is 0 Å². The van der Waals surface area contributed by atoms with Gasteiger partial charge in [0.15, 0.2) is 23.9 Å². The van der Waals surface area contributed by atoms with Crippen molar-refractivity contribution in [1.29, 1.82) is 0 Å². The van der Waals surface area contributed by atoms with Crippen molar-refractivity contribution in [1.82, 2.24) is 14.5 Å². The molecule has 1 fully saturated rings. The summed E-state index contributed by atoms with van der Waals surface area (Å²) < 4.78 is 34.2. The molecule has 7 nitrogen and oxygen atoms in total. The van der Waals surface area contributed by atoms with Crippen LogP contribution in [0, 0.1) is 5.82 Å². The fourth-order valence-corrected chi connectivity index (χ4v) is 2.33. The largest absolute Gasteiger partial charge is 0.394 e. The van der Waals surface area contributed by atoms with Crippen LogP contribution in [0.3, 0.4) is 0 Å². The first kappa shape index (κ1) is 13.2. The SMILES string of the molecule is Nc1ncnc2c1c(F)cn2[C@@H]1O[C@H](CO)C(O)[C@@H]1F. The van der Waals surface area contributed by atoms with Gasteiger partial charge in [-0.15, -0.1) is 0 Å². The van der Waals surface area contributed by atoms with E-state index in [9.17, 15) is 13.9 Å². The number of hydrogen-bond donors (Lipinski definition) is 3. The molecule has 108 valence electrons. The van der Waals surface area contributed by atoms with Gasteiger partial charge in [0.1, 0.15) is 24.4 Å². The third-order valence-electron chi connectivity index (χ3n) is 3.34. The molecule has 2 aromatic heterocycles. The zero-order valence-corrected chi connectivity index (χ0v) is 10.1. The van der Waals surface area contributed by atoms with Gasteiger partial charge in [0.2, 0.25) is 0 Å². The number of halogens is 2. The van der Waals surface area contributed by atoms with Gasteiger partial charge in [-0.2, -0.15) is 0 Å². The normalized spacial score (nSPS) is 30.2. The molecule has 1 saturated heterocycles. The lowest BCUT2D eigenvalue weighted by atomic mass is 10.1. The number of nitrogens with two attached hydrogens (primary N) is 1. The number of anilines is 1. The van der Waals surface area contributed by atoms with Crippen molar-refractivity contribution in [2.24, 2.45) is 0 Å². The molecule has 0 aromatic carbocycles. The lowest BCUT2D eigenvalue weighted by Crippen LogP contribution is -2.30. The van der Waals surface area contributed by atoms with Gasteiger partial charge in [0.25, 0.3) is 0 Å². The summed E-state index contributed by atoms with van der Waals surface area (Å²) >= 11 is 0. The van der Waals surface area contributed by atoms with Gasteiger partial charge in [-0.05, 0) is 0 Å². The molecule has 4 N–H and O–H groups in total. The Hall–Kier alpha value is -1.84. The Bertz CT molecular complexity index is 650. The lowest BCUT2D eigenvalue weighted by molar-refractivity contribution is -0.0459. The van der Waals surface area contributed by atoms with E-state index in [1.54, 1.807) is 0 Å². The van der Waals surface area contributed by atoms with Gasteiger partial charge < -0.3 is 20.7 Å². The fourth-order valence-electron chi connectivity index (χ4n) is 2.33. The van der Waals surface area contributed by atoms with Crippen molar-refractivity contribution in [2.45, 2.75) is 24.6 Å². The average molecular weight is 286 g/mol. The zero-order valence-electron chi connectivity index (χ0n) is 10.1. The number of hydrogen-bond acceptors (Lipinski definition) is 6. The molecule has 0 saturated carbocycles. The van der Waals surface area contributed by atoms with E-state index >= 15 is 0 Å². The second kappa shape index (κ2) is 4.62. The molecule has 9 heteroatoms. The van der Waals surface area contributed by atoms with E-state index in [0.717, 1.165) is 17.1 Å². The number of fused-ring (bicyclic) bond motifs is 1. The molecule has 1 aliphatic heterocycles. The first-order valence-electron chi connectivity index (χ1n) is 5.89. The maximum absolute atomic E-state index is 14.0. The second-order valence-corrected chi connectivity index (χ2v) is 4.52. The quantitative estimate of drug-likeness (QED) is 0.702. The summed E-state index contributed by atoms with van der Waals surface area (Å²) in [7, 11) is 0. The number of nitrogens with zero attached hydrogens (tertiary/aromatic N) is 3. The van der Waals surface area contributed by atoms with Gasteiger partial charge in [0.05, 0.1) is 12.0 Å². The minimum atomic E-state index is -1.82. The molecule has 0 spiro atoms. The zero-order chi connectivity index (χ0) is 14.4. The van der Waals surface area contributed by atoms with Crippen molar-refractivity contribution < 1.29 is 23.7 Å². The van der Waals surface area contributed by atoms with Gasteiger partial charge in [-0.1, -0.05) is 0 Å². The van der Waals surface area contributed by atoms with Crippen LogP contribution in [0.4, 0.5) is 14.6 Å². The average Bonchev–Trinajstić information content (AvgIpc) is 2.90. The van der Waals surface area contributed by atoms with E-state index in [1.807, 2.05) is 0 Å². The molecule has 2 aromatic rings. The predicted molar refractivity (Wildman–Crippen MR) is 63.8 cm³/mol. The number of aliphatic hydroxyl groups is 2. The summed E-state index contributed by atoms with van der Waals surface area (Å²) in [5, 5.41) is 18.6. The Morgan fingerprint density at radius 2 is 2.20 bits per heavy atom. The topological polar surface area (TPSA) is 106 Å². The molecule has 0 amide bonds. The van der Waals surface area contributed by atoms with Crippen molar-refractivity contribution in [3.05, 3.63) is 18.3 Å². The number of rotatable bonds is 2. The maximum atomic E-state index is 14.0. The van der Waals surface area contributed by atoms with Crippen LogP contribution in [0.25, 0.3) is 11.0 Å². The van der Waals surface area contributed by atoms with Crippen LogP contribution in [0.15, 0.2) is 12.5 Å². The van der Waals surface area contributed by atoms with E-state index in [-0.39, 0.29) is 16.9 Å². The smallest absolute Gasteiger partial charge is 0.173 e. The van der Waals surface area contributed by atoms with Crippen LogP contribution in [-0.4, -0.2) is 49.7 Å². The standard InChI is InChI=1S/C11H12F2N4O3/c12-4-1-17(10-6(4)9(14)15-3-16-10)11-7(13)8(19)5(2-18)20-11/h1,3,5,7-8,11,18-19H,2H2,(H2,14,15,16)/t5-,7+,8?,11-/m1/s1. The molecule has 0 aliphatic carbocycles. The highest BCUT2D eigenvalue weighted by atomic mass is 19.1. The van der Waals surface area contributed by atoms with Crippen molar-refractivity contribution in [3.63, 3.8) is 0 Å². The third kappa shape index (κ3) is 1.74. The molecular weight excluding hydrogens is 274 g/mol. The molecule has 1 aliphatic rings. The molecule has 3 rings (SSSR count). The first-order chi connectivity index (χ1) is 9.54. The molecule has 0 radical (unpaired) electrons. The van der Waals surface area contributed by atoms with Gasteiger partial charge in [-0.3, -0.25) is 4.57 Å². The summed E-state index contributed by atoms with van der Waals surface area (Å²) in [6, 6.07) is 0. The van der Waals surface area contributed by atoms with Crippen LogP contribution < -0.4 is 5.73 Å². The van der Waals surface area contributed by atoms with E-state index in [1.165, 1.54) is 0 Å². The summed E-state index contributed by atoms with van der Waals surface area (Å²) in [5.41, 5.74) is 5.62. The van der Waals surface area contributed by atoms with E-state index < -0.39 is 37.0 Å². The Morgan fingerprint density at radius 1 is 1.45 bits per heavy atom. The molecule has 20 heavy (non-hydrogen) atoms. The minimum Gasteiger partial charge on any atom is -0.394 e. The van der Waals surface area contributed by atoms with Gasteiger partial charge >= 0.3 is 0 Å². The van der Waals surface area contributed by atoms with E-state index in [4.69, 9.17) is 15.6 Å². The predicted octanol–water partition coefficient (Wildman–Crippen LogP) is -0.259. The van der Waals surface area contributed by atoms with Crippen molar-refractivity contribution >= 4 is 16.9 Å². The van der Waals surface area contributed by atoms with Crippen LogP contribution in [0.5, 0.6) is 0 Å². The van der Waals surface area contributed by atoms with Crippen LogP contribution in [-0.2, 0) is 4.74 Å². The molecule has 0 bridgehead atoms. The Labute approximate surface area is 111 Å². The maximum Gasteiger partial charge on any atom is 0.173 e. The molecule has 3 heterocycles. The highest BCUT2D eigenvalue weighted by Gasteiger charge is 2.45. The molecule has 4 atom stereocenters. The van der Waals surface area contributed by atoms with Crippen molar-refractivity contribution in [3.8, 4) is 0 Å². The second-order valence-electron chi connectivity index (χ2n) is 4.52. The van der Waals surface area contributed by atoms with Gasteiger partial charge in [0, 0.05) is 6.20 Å². The number of aromatic nitrogens is 3. The minimum absolute atomic E-state index is 0.0368. The van der Waals surface area contributed by atoms with Gasteiger partial charge in [-0.25, -0.2) is 18.7 Å². The highest BCUT2D eigenvalue weighted by Crippen LogP contribution is 2.35. The van der Waals surface area contributed by atoms with Crippen LogP contribution in [0.1, 0.15) is 6.23 Å². The van der Waals surface area contributed by atoms with E-state index in [2.05, 4.69) is 9.97 Å². The Morgan fingerprint density at radius 3 is 2.85 bits per heavy atom. The Kier molecular flexibility index (Phi) is 3.04. The molecular formula is C11H12F2N4O3. The van der Waals surface area contributed by atoms with Crippen LogP contribution >= 0.6 is 0 Å². The third-order valence-corrected chi connectivity index (χ3v) is 3.34. The number of alkyl halides is 1.